The molecule has 0 radical (unpaired) electrons. The van der Waals surface area contributed by atoms with E-state index in [-0.39, 0.29) is 5.82 Å². The van der Waals surface area contributed by atoms with E-state index in [9.17, 15) is 4.39 Å². The largest absolute Gasteiger partial charge is 0.244 e. The molecule has 1 aromatic heterocycles. The summed E-state index contributed by atoms with van der Waals surface area (Å²) in [7, 11) is 0. The Balaban J connectivity index is 2.09. The number of nitrogens with zero attached hydrogens (tertiary/aromatic N) is 1. The van der Waals surface area contributed by atoms with Crippen LogP contribution in [0.15, 0.2) is 47.5 Å². The molecule has 0 saturated heterocycles. The van der Waals surface area contributed by atoms with Gasteiger partial charge in [-0.25, -0.2) is 9.37 Å². The average Bonchev–Trinajstić information content (AvgIpc) is 2.30. The molecule has 1 aromatic carbocycles. The van der Waals surface area contributed by atoms with Crippen LogP contribution in [-0.4, -0.2) is 4.98 Å². The van der Waals surface area contributed by atoms with Crippen molar-refractivity contribution in [1.82, 2.24) is 4.98 Å². The van der Waals surface area contributed by atoms with E-state index in [1.807, 2.05) is 18.2 Å². The number of thioether (sulfide) groups is 1. The predicted molar refractivity (Wildman–Crippen MR) is 65.2 cm³/mol. The molecular formula is C12H9ClFNS. The molecule has 0 aliphatic carbocycles. The first-order chi connectivity index (χ1) is 7.77. The zero-order valence-electron chi connectivity index (χ0n) is 8.36. The van der Waals surface area contributed by atoms with Gasteiger partial charge in [-0.3, -0.25) is 0 Å². The maximum Gasteiger partial charge on any atom is 0.136 e. The second kappa shape index (κ2) is 5.32. The number of hydrogen-bond acceptors (Lipinski definition) is 2. The minimum absolute atomic E-state index is 0.201. The minimum Gasteiger partial charge on any atom is -0.244 e. The second-order valence-corrected chi connectivity index (χ2v) is 4.55. The lowest BCUT2D eigenvalue weighted by atomic mass is 10.3. The standard InChI is InChI=1S/C12H9ClFNS/c13-12-9(4-3-7-15-12)8-16-11-6-2-1-5-10(11)14/h1-7H,8H2. The SMILES string of the molecule is Fc1ccccc1SCc1cccnc1Cl. The van der Waals surface area contributed by atoms with E-state index in [1.165, 1.54) is 17.8 Å². The Hall–Kier alpha value is -1.06. The quantitative estimate of drug-likeness (QED) is 0.602. The van der Waals surface area contributed by atoms with Gasteiger partial charge in [0.2, 0.25) is 0 Å². The van der Waals surface area contributed by atoms with Gasteiger partial charge in [0.05, 0.1) is 0 Å². The highest BCUT2D eigenvalue weighted by Gasteiger charge is 2.04. The van der Waals surface area contributed by atoms with Crippen molar-refractivity contribution >= 4 is 23.4 Å². The van der Waals surface area contributed by atoms with Crippen LogP contribution in [0.5, 0.6) is 0 Å². The second-order valence-electron chi connectivity index (χ2n) is 3.17. The average molecular weight is 254 g/mol. The van der Waals surface area contributed by atoms with E-state index < -0.39 is 0 Å². The van der Waals surface area contributed by atoms with Crippen LogP contribution in [-0.2, 0) is 5.75 Å². The Bertz CT molecular complexity index is 444. The predicted octanol–water partition coefficient (Wildman–Crippen LogP) is 4.17. The fraction of sp³-hybridized carbons (Fsp3) is 0.0833. The number of pyridine rings is 1. The molecule has 16 heavy (non-hydrogen) atoms. The highest BCUT2D eigenvalue weighted by atomic mass is 35.5. The van der Waals surface area contributed by atoms with E-state index in [0.29, 0.717) is 15.8 Å². The molecular weight excluding hydrogens is 245 g/mol. The molecule has 82 valence electrons. The molecule has 0 aliphatic rings. The summed E-state index contributed by atoms with van der Waals surface area (Å²) in [6.07, 6.45) is 1.64. The lowest BCUT2D eigenvalue weighted by Crippen LogP contribution is -1.86. The van der Waals surface area contributed by atoms with Crippen molar-refractivity contribution < 1.29 is 4.39 Å². The number of rotatable bonds is 3. The molecule has 2 aromatic rings. The van der Waals surface area contributed by atoms with Crippen LogP contribution >= 0.6 is 23.4 Å². The Morgan fingerprint density at radius 1 is 1.19 bits per heavy atom. The molecule has 1 heterocycles. The zero-order chi connectivity index (χ0) is 11.4. The molecule has 0 N–H and O–H groups in total. The summed E-state index contributed by atoms with van der Waals surface area (Å²) in [4.78, 5) is 4.60. The van der Waals surface area contributed by atoms with Crippen molar-refractivity contribution in [2.45, 2.75) is 10.6 Å². The molecule has 0 aliphatic heterocycles. The highest BCUT2D eigenvalue weighted by Crippen LogP contribution is 2.27. The summed E-state index contributed by atoms with van der Waals surface area (Å²) in [5, 5.41) is 0.478. The third kappa shape index (κ3) is 2.74. The molecule has 1 nitrogen and oxygen atoms in total. The molecule has 0 bridgehead atoms. The smallest absolute Gasteiger partial charge is 0.136 e. The van der Waals surface area contributed by atoms with Gasteiger partial charge in [0, 0.05) is 16.8 Å². The molecule has 0 unspecified atom stereocenters. The van der Waals surface area contributed by atoms with Gasteiger partial charge in [-0.2, -0.15) is 0 Å². The topological polar surface area (TPSA) is 12.9 Å². The first-order valence-corrected chi connectivity index (χ1v) is 6.10. The van der Waals surface area contributed by atoms with E-state index in [1.54, 1.807) is 18.3 Å². The van der Waals surface area contributed by atoms with Crippen molar-refractivity contribution in [2.75, 3.05) is 0 Å². The van der Waals surface area contributed by atoms with Gasteiger partial charge < -0.3 is 0 Å². The van der Waals surface area contributed by atoms with Gasteiger partial charge in [0.15, 0.2) is 0 Å². The number of benzene rings is 1. The van der Waals surface area contributed by atoms with Crippen molar-refractivity contribution in [3.63, 3.8) is 0 Å². The van der Waals surface area contributed by atoms with Crippen LogP contribution in [0.25, 0.3) is 0 Å². The van der Waals surface area contributed by atoms with Crippen molar-refractivity contribution in [3.05, 3.63) is 59.1 Å². The summed E-state index contributed by atoms with van der Waals surface area (Å²) in [5.74, 6) is 0.417. The Morgan fingerprint density at radius 3 is 2.75 bits per heavy atom. The van der Waals surface area contributed by atoms with Crippen LogP contribution in [0.1, 0.15) is 5.56 Å². The highest BCUT2D eigenvalue weighted by molar-refractivity contribution is 7.98. The van der Waals surface area contributed by atoms with Gasteiger partial charge >= 0.3 is 0 Å². The number of halogens is 2. The summed E-state index contributed by atoms with van der Waals surface area (Å²) in [6, 6.07) is 10.4. The van der Waals surface area contributed by atoms with Gasteiger partial charge in [-0.15, -0.1) is 11.8 Å². The molecule has 0 saturated carbocycles. The van der Waals surface area contributed by atoms with Crippen LogP contribution in [0.4, 0.5) is 4.39 Å². The third-order valence-electron chi connectivity index (χ3n) is 2.06. The third-order valence-corrected chi connectivity index (χ3v) is 3.49. The van der Waals surface area contributed by atoms with Gasteiger partial charge in [-0.1, -0.05) is 29.8 Å². The number of hydrogen-bond donors (Lipinski definition) is 0. The molecule has 4 heteroatoms. The van der Waals surface area contributed by atoms with Crippen LogP contribution in [0, 0.1) is 5.82 Å². The Morgan fingerprint density at radius 2 is 2.00 bits per heavy atom. The van der Waals surface area contributed by atoms with Gasteiger partial charge in [-0.05, 0) is 23.8 Å². The van der Waals surface area contributed by atoms with Gasteiger partial charge in [0.25, 0.3) is 0 Å². The molecule has 0 amide bonds. The first-order valence-electron chi connectivity index (χ1n) is 4.74. The van der Waals surface area contributed by atoms with Crippen molar-refractivity contribution in [1.29, 1.82) is 0 Å². The first kappa shape index (κ1) is 11.4. The monoisotopic (exact) mass is 253 g/mol. The lowest BCUT2D eigenvalue weighted by molar-refractivity contribution is 0.602. The summed E-state index contributed by atoms with van der Waals surface area (Å²) in [6.45, 7) is 0. The summed E-state index contributed by atoms with van der Waals surface area (Å²) >= 11 is 7.33. The molecule has 0 atom stereocenters. The fourth-order valence-corrected chi connectivity index (χ4v) is 2.43. The van der Waals surface area contributed by atoms with Crippen LogP contribution in [0.2, 0.25) is 5.15 Å². The van der Waals surface area contributed by atoms with Crippen LogP contribution in [0.3, 0.4) is 0 Å². The van der Waals surface area contributed by atoms with Crippen LogP contribution < -0.4 is 0 Å². The fourth-order valence-electron chi connectivity index (χ4n) is 1.24. The molecule has 0 spiro atoms. The van der Waals surface area contributed by atoms with E-state index in [0.717, 1.165) is 5.56 Å². The molecule has 0 fully saturated rings. The van der Waals surface area contributed by atoms with Crippen molar-refractivity contribution in [2.24, 2.45) is 0 Å². The summed E-state index contributed by atoms with van der Waals surface area (Å²) in [5.41, 5.74) is 0.914. The van der Waals surface area contributed by atoms with Crippen molar-refractivity contribution in [3.8, 4) is 0 Å². The molecule has 2 rings (SSSR count). The minimum atomic E-state index is -0.201. The Kier molecular flexibility index (Phi) is 3.80. The normalized spacial score (nSPS) is 10.4. The summed E-state index contributed by atoms with van der Waals surface area (Å²) < 4.78 is 13.3. The maximum atomic E-state index is 13.3. The van der Waals surface area contributed by atoms with Gasteiger partial charge in [0.1, 0.15) is 11.0 Å². The zero-order valence-corrected chi connectivity index (χ0v) is 9.93. The maximum absolute atomic E-state index is 13.3. The van der Waals surface area contributed by atoms with E-state index >= 15 is 0 Å². The Labute approximate surface area is 103 Å². The lowest BCUT2D eigenvalue weighted by Gasteiger charge is -2.04. The van der Waals surface area contributed by atoms with E-state index in [4.69, 9.17) is 11.6 Å². The number of aromatic nitrogens is 1. The van der Waals surface area contributed by atoms with E-state index in [2.05, 4.69) is 4.98 Å².